The summed E-state index contributed by atoms with van der Waals surface area (Å²) in [5.74, 6) is -2.14. The highest BCUT2D eigenvalue weighted by atomic mass is 16.4. The van der Waals surface area contributed by atoms with E-state index in [0.717, 1.165) is 19.3 Å². The Morgan fingerprint density at radius 1 is 1.16 bits per heavy atom. The van der Waals surface area contributed by atoms with Crippen LogP contribution >= 0.6 is 0 Å². The lowest BCUT2D eigenvalue weighted by Gasteiger charge is -2.25. The highest BCUT2D eigenvalue weighted by molar-refractivity contribution is 5.88. The van der Waals surface area contributed by atoms with E-state index in [2.05, 4.69) is 0 Å². The smallest absolute Gasteiger partial charge is 0.335 e. The molecule has 5 heteroatoms. The summed E-state index contributed by atoms with van der Waals surface area (Å²) in [7, 11) is 0. The molecule has 104 valence electrons. The number of carboxylic acids is 2. The predicted molar refractivity (Wildman–Crippen MR) is 71.0 cm³/mol. The van der Waals surface area contributed by atoms with Crippen molar-refractivity contribution in [1.82, 2.24) is 0 Å². The quantitative estimate of drug-likeness (QED) is 0.656. The number of aromatic carboxylic acids is 1. The van der Waals surface area contributed by atoms with Gasteiger partial charge in [-0.3, -0.25) is 0 Å². The van der Waals surface area contributed by atoms with Crippen LogP contribution in [0.15, 0.2) is 24.3 Å². The number of hydrogen-bond donors (Lipinski definition) is 3. The summed E-state index contributed by atoms with van der Waals surface area (Å²) in [5, 5.41) is 18.1. The van der Waals surface area contributed by atoms with Gasteiger partial charge in [-0.15, -0.1) is 0 Å². The van der Waals surface area contributed by atoms with Crippen LogP contribution in [0.2, 0.25) is 0 Å². The zero-order valence-electron chi connectivity index (χ0n) is 10.9. The second kappa shape index (κ2) is 6.33. The summed E-state index contributed by atoms with van der Waals surface area (Å²) in [6.07, 6.45) is 2.95. The molecule has 0 amide bonds. The third-order valence-corrected chi connectivity index (χ3v) is 3.20. The zero-order chi connectivity index (χ0) is 14.5. The molecule has 1 aromatic carbocycles. The maximum absolute atomic E-state index is 11.4. The molecule has 0 heterocycles. The topological polar surface area (TPSA) is 101 Å². The molecule has 0 saturated carbocycles. The molecule has 0 saturated heterocycles. The Labute approximate surface area is 112 Å². The van der Waals surface area contributed by atoms with Crippen molar-refractivity contribution in [3.05, 3.63) is 35.4 Å². The van der Waals surface area contributed by atoms with Crippen LogP contribution in [0.4, 0.5) is 0 Å². The first-order chi connectivity index (χ1) is 8.91. The van der Waals surface area contributed by atoms with E-state index >= 15 is 0 Å². The van der Waals surface area contributed by atoms with Crippen LogP contribution in [0.3, 0.4) is 0 Å². The van der Waals surface area contributed by atoms with Crippen LogP contribution in [0.5, 0.6) is 0 Å². The Bertz CT molecular complexity index is 455. The summed E-state index contributed by atoms with van der Waals surface area (Å²) < 4.78 is 0. The van der Waals surface area contributed by atoms with Gasteiger partial charge in [0.2, 0.25) is 0 Å². The average Bonchev–Trinajstić information content (AvgIpc) is 2.38. The highest BCUT2D eigenvalue weighted by Crippen LogP contribution is 2.25. The second-order valence-corrected chi connectivity index (χ2v) is 4.62. The van der Waals surface area contributed by atoms with E-state index in [9.17, 15) is 14.7 Å². The summed E-state index contributed by atoms with van der Waals surface area (Å²) in [6, 6.07) is 5.71. The third-order valence-electron chi connectivity index (χ3n) is 3.20. The first kappa shape index (κ1) is 15.2. The lowest BCUT2D eigenvalue weighted by molar-refractivity contribution is -0.144. The number of unbranched alkanes of at least 4 members (excludes halogenated alkanes) is 2. The van der Waals surface area contributed by atoms with Gasteiger partial charge in [-0.1, -0.05) is 38.3 Å². The van der Waals surface area contributed by atoms with E-state index in [-0.39, 0.29) is 5.56 Å². The van der Waals surface area contributed by atoms with Gasteiger partial charge in [-0.05, 0) is 24.1 Å². The molecule has 1 rings (SSSR count). The van der Waals surface area contributed by atoms with Crippen molar-refractivity contribution in [1.29, 1.82) is 0 Å². The molecule has 0 bridgehead atoms. The molecule has 0 aliphatic carbocycles. The molecular formula is C14H19NO4. The minimum absolute atomic E-state index is 0.116. The van der Waals surface area contributed by atoms with Crippen LogP contribution < -0.4 is 5.73 Å². The van der Waals surface area contributed by atoms with Crippen molar-refractivity contribution in [2.24, 2.45) is 5.73 Å². The van der Waals surface area contributed by atoms with Gasteiger partial charge >= 0.3 is 11.9 Å². The summed E-state index contributed by atoms with van der Waals surface area (Å²) in [5.41, 5.74) is 5.08. The van der Waals surface area contributed by atoms with Gasteiger partial charge in [0.1, 0.15) is 5.54 Å². The molecule has 1 atom stereocenters. The number of nitrogens with two attached hydrogens (primary N) is 1. The monoisotopic (exact) mass is 265 g/mol. The van der Waals surface area contributed by atoms with Crippen LogP contribution in [0, 0.1) is 0 Å². The van der Waals surface area contributed by atoms with Crippen LogP contribution in [-0.2, 0) is 10.3 Å². The molecule has 0 radical (unpaired) electrons. The van der Waals surface area contributed by atoms with E-state index in [0.29, 0.717) is 12.0 Å². The van der Waals surface area contributed by atoms with Crippen molar-refractivity contribution < 1.29 is 19.8 Å². The van der Waals surface area contributed by atoms with Gasteiger partial charge < -0.3 is 15.9 Å². The number of carbonyl (C=O) groups is 2. The molecule has 0 unspecified atom stereocenters. The van der Waals surface area contributed by atoms with E-state index in [1.807, 2.05) is 6.92 Å². The van der Waals surface area contributed by atoms with E-state index in [1.165, 1.54) is 24.3 Å². The Hall–Kier alpha value is -1.88. The lowest BCUT2D eigenvalue weighted by Crippen LogP contribution is -2.44. The Balaban J connectivity index is 2.98. The van der Waals surface area contributed by atoms with E-state index < -0.39 is 17.5 Å². The van der Waals surface area contributed by atoms with Crippen LogP contribution in [0.25, 0.3) is 0 Å². The summed E-state index contributed by atoms with van der Waals surface area (Å²) in [4.78, 5) is 22.2. The Morgan fingerprint density at radius 2 is 1.74 bits per heavy atom. The zero-order valence-corrected chi connectivity index (χ0v) is 10.9. The molecule has 1 aromatic rings. The minimum atomic E-state index is -1.45. The highest BCUT2D eigenvalue weighted by Gasteiger charge is 2.35. The Kier molecular flexibility index (Phi) is 5.06. The summed E-state index contributed by atoms with van der Waals surface area (Å²) in [6.45, 7) is 2.03. The summed E-state index contributed by atoms with van der Waals surface area (Å²) >= 11 is 0. The lowest BCUT2D eigenvalue weighted by atomic mass is 9.85. The average molecular weight is 265 g/mol. The maximum Gasteiger partial charge on any atom is 0.335 e. The molecule has 4 N–H and O–H groups in total. The number of benzene rings is 1. The van der Waals surface area contributed by atoms with Crippen LogP contribution in [0.1, 0.15) is 48.5 Å². The standard InChI is InChI=1S/C14H19NO4/c1-2-3-4-9-14(15,13(18)19)11-7-5-10(6-8-11)12(16)17/h5-8H,2-4,9,15H2,1H3,(H,16,17)(H,18,19)/t14-/m1/s1. The minimum Gasteiger partial charge on any atom is -0.480 e. The number of carboxylic acid groups (broad SMARTS) is 2. The molecule has 19 heavy (non-hydrogen) atoms. The largest absolute Gasteiger partial charge is 0.480 e. The van der Waals surface area contributed by atoms with Crippen molar-refractivity contribution >= 4 is 11.9 Å². The predicted octanol–water partition coefficient (Wildman–Crippen LogP) is 2.20. The van der Waals surface area contributed by atoms with Gasteiger partial charge in [-0.25, -0.2) is 9.59 Å². The molecule has 0 aliphatic rings. The Morgan fingerprint density at radius 3 is 2.16 bits per heavy atom. The van der Waals surface area contributed by atoms with Gasteiger partial charge in [0.15, 0.2) is 0 Å². The fourth-order valence-electron chi connectivity index (χ4n) is 1.94. The van der Waals surface area contributed by atoms with E-state index in [4.69, 9.17) is 10.8 Å². The first-order valence-corrected chi connectivity index (χ1v) is 6.28. The number of aliphatic carboxylic acids is 1. The van der Waals surface area contributed by atoms with Gasteiger partial charge in [0.25, 0.3) is 0 Å². The molecule has 5 nitrogen and oxygen atoms in total. The van der Waals surface area contributed by atoms with Crippen LogP contribution in [-0.4, -0.2) is 22.2 Å². The van der Waals surface area contributed by atoms with Gasteiger partial charge in [-0.2, -0.15) is 0 Å². The van der Waals surface area contributed by atoms with Crippen molar-refractivity contribution in [2.75, 3.05) is 0 Å². The fourth-order valence-corrected chi connectivity index (χ4v) is 1.94. The maximum atomic E-state index is 11.4. The number of hydrogen-bond acceptors (Lipinski definition) is 3. The third kappa shape index (κ3) is 3.54. The molecule has 0 fully saturated rings. The van der Waals surface area contributed by atoms with Gasteiger partial charge in [0, 0.05) is 0 Å². The molecular weight excluding hydrogens is 246 g/mol. The van der Waals surface area contributed by atoms with Crippen molar-refractivity contribution in [3.8, 4) is 0 Å². The van der Waals surface area contributed by atoms with Gasteiger partial charge in [0.05, 0.1) is 5.56 Å². The van der Waals surface area contributed by atoms with E-state index in [1.54, 1.807) is 0 Å². The molecule has 0 aliphatic heterocycles. The van der Waals surface area contributed by atoms with Crippen molar-refractivity contribution in [3.63, 3.8) is 0 Å². The fraction of sp³-hybridized carbons (Fsp3) is 0.429. The van der Waals surface area contributed by atoms with Crippen molar-refractivity contribution in [2.45, 2.75) is 38.1 Å². The SMILES string of the molecule is CCCCC[C@](N)(C(=O)O)c1ccc(C(=O)O)cc1. The molecule has 0 spiro atoms. The molecule has 0 aromatic heterocycles. The second-order valence-electron chi connectivity index (χ2n) is 4.62. The first-order valence-electron chi connectivity index (χ1n) is 6.28. The normalized spacial score (nSPS) is 13.8. The number of rotatable bonds is 7.